The van der Waals surface area contributed by atoms with Crippen molar-refractivity contribution in [1.82, 2.24) is 4.31 Å². The molecule has 0 unspecified atom stereocenters. The Kier molecular flexibility index (Phi) is 5.43. The smallest absolute Gasteiger partial charge is 0.337 e. The van der Waals surface area contributed by atoms with Gasteiger partial charge in [-0.25, -0.2) is 13.2 Å². The zero-order valence-corrected chi connectivity index (χ0v) is 16.2. The number of aryl methyl sites for hydroxylation is 1. The highest BCUT2D eigenvalue weighted by atomic mass is 32.2. The average molecular weight is 398 g/mol. The quantitative estimate of drug-likeness (QED) is 0.776. The summed E-state index contributed by atoms with van der Waals surface area (Å²) in [6.07, 6.45) is 4.41. The Morgan fingerprint density at radius 2 is 1.92 bits per heavy atom. The molecule has 1 N–H and O–H groups in total. The molecule has 2 aromatic rings. The first-order valence-electron chi connectivity index (χ1n) is 7.99. The van der Waals surface area contributed by atoms with Gasteiger partial charge in [0, 0.05) is 22.8 Å². The molecule has 1 fully saturated rings. The zero-order chi connectivity index (χ0) is 18.0. The number of piperidine rings is 1. The maximum absolute atomic E-state index is 12.7. The van der Waals surface area contributed by atoms with Crippen molar-refractivity contribution in [2.75, 3.05) is 13.1 Å². The molecule has 25 heavy (non-hydrogen) atoms. The van der Waals surface area contributed by atoms with Crippen molar-refractivity contribution in [2.24, 2.45) is 0 Å². The number of rotatable bonds is 5. The second kappa shape index (κ2) is 7.41. The van der Waals surface area contributed by atoms with Gasteiger partial charge in [-0.2, -0.15) is 4.31 Å². The topological polar surface area (TPSA) is 74.7 Å². The van der Waals surface area contributed by atoms with Gasteiger partial charge in [-0.15, -0.1) is 22.7 Å². The summed E-state index contributed by atoms with van der Waals surface area (Å²) in [4.78, 5) is 13.0. The summed E-state index contributed by atoms with van der Waals surface area (Å²) < 4.78 is 27.2. The molecular formula is C17H19NO4S3. The summed E-state index contributed by atoms with van der Waals surface area (Å²) >= 11 is 2.49. The molecule has 1 aliphatic heterocycles. The van der Waals surface area contributed by atoms with Gasteiger partial charge < -0.3 is 5.11 Å². The van der Waals surface area contributed by atoms with Crippen molar-refractivity contribution in [3.63, 3.8) is 0 Å². The van der Waals surface area contributed by atoms with Crippen LogP contribution in [0.5, 0.6) is 0 Å². The number of carboxylic acids is 1. The summed E-state index contributed by atoms with van der Waals surface area (Å²) in [5, 5.41) is 11.5. The third-order valence-corrected chi connectivity index (χ3v) is 8.61. The van der Waals surface area contributed by atoms with Crippen LogP contribution in [0.25, 0.3) is 11.6 Å². The standard InChI is InChI=1S/C17H19NO4S3/c1-12-7-10-23-15(12)11-13(17(19)20)14-5-6-16(24-14)25(21,22)18-8-3-2-4-9-18/h5-7,10-11H,2-4,8-9H2,1H3,(H,19,20)/b13-11-. The van der Waals surface area contributed by atoms with Crippen LogP contribution in [-0.4, -0.2) is 36.9 Å². The van der Waals surface area contributed by atoms with E-state index in [1.807, 2.05) is 18.4 Å². The minimum atomic E-state index is -3.54. The monoisotopic (exact) mass is 397 g/mol. The molecule has 5 nitrogen and oxygen atoms in total. The van der Waals surface area contributed by atoms with Gasteiger partial charge in [0.15, 0.2) is 0 Å². The maximum Gasteiger partial charge on any atom is 0.337 e. The lowest BCUT2D eigenvalue weighted by atomic mass is 10.1. The molecule has 8 heteroatoms. The number of sulfonamides is 1. The minimum absolute atomic E-state index is 0.121. The van der Waals surface area contributed by atoms with Crippen molar-refractivity contribution >= 4 is 50.3 Å². The van der Waals surface area contributed by atoms with Gasteiger partial charge in [-0.05, 0) is 55.0 Å². The third kappa shape index (κ3) is 3.87. The molecule has 1 saturated heterocycles. The predicted octanol–water partition coefficient (Wildman–Crippen LogP) is 3.92. The van der Waals surface area contributed by atoms with Crippen LogP contribution in [-0.2, 0) is 14.8 Å². The first-order valence-corrected chi connectivity index (χ1v) is 11.1. The van der Waals surface area contributed by atoms with Gasteiger partial charge in [0.25, 0.3) is 10.0 Å². The Morgan fingerprint density at radius 3 is 2.52 bits per heavy atom. The van der Waals surface area contributed by atoms with Crippen LogP contribution in [0.4, 0.5) is 0 Å². The SMILES string of the molecule is Cc1ccsc1/C=C(\C(=O)O)c1ccc(S(=O)(=O)N2CCCCC2)s1. The van der Waals surface area contributed by atoms with Crippen LogP contribution in [0, 0.1) is 6.92 Å². The van der Waals surface area contributed by atoms with E-state index in [0.29, 0.717) is 18.0 Å². The fourth-order valence-electron chi connectivity index (χ4n) is 2.74. The summed E-state index contributed by atoms with van der Waals surface area (Å²) in [7, 11) is -3.54. The molecule has 2 aromatic heterocycles. The van der Waals surface area contributed by atoms with Gasteiger partial charge in [-0.3, -0.25) is 0 Å². The molecule has 0 atom stereocenters. The lowest BCUT2D eigenvalue weighted by Crippen LogP contribution is -2.35. The van der Waals surface area contributed by atoms with Crippen molar-refractivity contribution in [2.45, 2.75) is 30.4 Å². The highest BCUT2D eigenvalue weighted by Gasteiger charge is 2.28. The number of carboxylic acid groups (broad SMARTS) is 1. The molecule has 134 valence electrons. The van der Waals surface area contributed by atoms with Gasteiger partial charge >= 0.3 is 5.97 Å². The average Bonchev–Trinajstić information content (AvgIpc) is 3.23. The summed E-state index contributed by atoms with van der Waals surface area (Å²) in [5.74, 6) is -1.06. The van der Waals surface area contributed by atoms with E-state index in [2.05, 4.69) is 0 Å². The Bertz CT molecular complexity index is 902. The van der Waals surface area contributed by atoms with E-state index in [1.54, 1.807) is 12.1 Å². The Morgan fingerprint density at radius 1 is 1.20 bits per heavy atom. The molecule has 3 heterocycles. The van der Waals surface area contributed by atoms with Gasteiger partial charge in [0.1, 0.15) is 4.21 Å². The molecule has 0 aliphatic carbocycles. The fourth-order valence-corrected chi connectivity index (χ4v) is 6.58. The number of carbonyl (C=O) groups is 1. The van der Waals surface area contributed by atoms with E-state index in [-0.39, 0.29) is 9.78 Å². The van der Waals surface area contributed by atoms with Crippen LogP contribution in [0.15, 0.2) is 27.8 Å². The molecule has 0 radical (unpaired) electrons. The molecular weight excluding hydrogens is 378 g/mol. The van der Waals surface area contributed by atoms with Crippen molar-refractivity contribution in [3.05, 3.63) is 38.9 Å². The molecule has 0 aromatic carbocycles. The summed E-state index contributed by atoms with van der Waals surface area (Å²) in [6, 6.07) is 5.03. The number of nitrogens with zero attached hydrogens (tertiary/aromatic N) is 1. The molecule has 0 saturated carbocycles. The van der Waals surface area contributed by atoms with Gasteiger partial charge in [0.2, 0.25) is 0 Å². The molecule has 0 bridgehead atoms. The lowest BCUT2D eigenvalue weighted by Gasteiger charge is -2.25. The second-order valence-corrected chi connectivity index (χ2v) is 10.1. The van der Waals surface area contributed by atoms with E-state index < -0.39 is 16.0 Å². The minimum Gasteiger partial charge on any atom is -0.478 e. The first-order chi connectivity index (χ1) is 11.9. The van der Waals surface area contributed by atoms with E-state index in [4.69, 9.17) is 0 Å². The number of thiophene rings is 2. The summed E-state index contributed by atoms with van der Waals surface area (Å²) in [5.41, 5.74) is 1.12. The van der Waals surface area contributed by atoms with Crippen LogP contribution in [0.3, 0.4) is 0 Å². The normalized spacial score (nSPS) is 16.9. The van der Waals surface area contributed by atoms with Crippen LogP contribution < -0.4 is 0 Å². The van der Waals surface area contributed by atoms with Gasteiger partial charge in [-0.1, -0.05) is 6.42 Å². The van der Waals surface area contributed by atoms with Crippen LogP contribution in [0.1, 0.15) is 34.6 Å². The third-order valence-electron chi connectivity index (χ3n) is 4.16. The predicted molar refractivity (Wildman–Crippen MR) is 101 cm³/mol. The number of aliphatic carboxylic acids is 1. The Labute approximate surface area is 155 Å². The van der Waals surface area contributed by atoms with E-state index in [0.717, 1.165) is 41.0 Å². The summed E-state index contributed by atoms with van der Waals surface area (Å²) in [6.45, 7) is 2.99. The maximum atomic E-state index is 12.7. The Hall–Kier alpha value is -1.48. The number of hydrogen-bond donors (Lipinski definition) is 1. The van der Waals surface area contributed by atoms with Crippen molar-refractivity contribution in [1.29, 1.82) is 0 Å². The van der Waals surface area contributed by atoms with Crippen molar-refractivity contribution in [3.8, 4) is 0 Å². The molecule has 0 amide bonds. The van der Waals surface area contributed by atoms with E-state index in [9.17, 15) is 18.3 Å². The van der Waals surface area contributed by atoms with Crippen LogP contribution >= 0.6 is 22.7 Å². The van der Waals surface area contributed by atoms with E-state index in [1.165, 1.54) is 21.7 Å². The molecule has 3 rings (SSSR count). The molecule has 1 aliphatic rings. The fraction of sp³-hybridized carbons (Fsp3) is 0.353. The molecule has 0 spiro atoms. The first kappa shape index (κ1) is 18.3. The highest BCUT2D eigenvalue weighted by molar-refractivity contribution is 7.91. The largest absolute Gasteiger partial charge is 0.478 e. The zero-order valence-electron chi connectivity index (χ0n) is 13.8. The second-order valence-electron chi connectivity index (χ2n) is 5.91. The van der Waals surface area contributed by atoms with E-state index >= 15 is 0 Å². The van der Waals surface area contributed by atoms with Crippen molar-refractivity contribution < 1.29 is 18.3 Å². The lowest BCUT2D eigenvalue weighted by molar-refractivity contribution is -0.130. The Balaban J connectivity index is 1.94. The highest BCUT2D eigenvalue weighted by Crippen LogP contribution is 2.33. The number of hydrogen-bond acceptors (Lipinski definition) is 5. The van der Waals surface area contributed by atoms with Gasteiger partial charge in [0.05, 0.1) is 5.57 Å². The van der Waals surface area contributed by atoms with Crippen LogP contribution in [0.2, 0.25) is 0 Å².